The van der Waals surface area contributed by atoms with Gasteiger partial charge >= 0.3 is 0 Å². The lowest BCUT2D eigenvalue weighted by molar-refractivity contribution is 0.115. The molecule has 0 radical (unpaired) electrons. The summed E-state index contributed by atoms with van der Waals surface area (Å²) in [7, 11) is 1.81. The highest BCUT2D eigenvalue weighted by molar-refractivity contribution is 5.62. The molecule has 3 aliphatic carbocycles. The second-order valence-corrected chi connectivity index (χ2v) is 11.0. The first kappa shape index (κ1) is 21.0. The van der Waals surface area contributed by atoms with Gasteiger partial charge in [0.2, 0.25) is 0 Å². The molecule has 0 N–H and O–H groups in total. The maximum absolute atomic E-state index is 5.53. The predicted molar refractivity (Wildman–Crippen MR) is 124 cm³/mol. The molecule has 1 aromatic carbocycles. The first-order valence-corrected chi connectivity index (χ1v) is 12.2. The molecular weight excluding hydrogens is 352 g/mol. The van der Waals surface area contributed by atoms with Crippen molar-refractivity contribution in [1.29, 1.82) is 0 Å². The zero-order chi connectivity index (χ0) is 20.8. The average Bonchev–Trinajstić information content (AvgIpc) is 3.08. The molecule has 0 saturated heterocycles. The molecule has 1 fully saturated rings. The van der Waals surface area contributed by atoms with Gasteiger partial charge in [0.25, 0.3) is 0 Å². The third kappa shape index (κ3) is 3.68. The number of hydrogen-bond acceptors (Lipinski definition) is 1. The van der Waals surface area contributed by atoms with Crippen molar-refractivity contribution in [3.63, 3.8) is 0 Å². The first-order chi connectivity index (χ1) is 13.8. The highest BCUT2D eigenvalue weighted by atomic mass is 16.5. The number of ether oxygens (including phenoxy) is 1. The van der Waals surface area contributed by atoms with Gasteiger partial charge in [0.1, 0.15) is 0 Å². The SMILES string of the molecule is COC1=Cc2ccc3c(c2CC1)CCC1(C)C3CCC1[C@H](C)CC[C@H](C)C(C)C. The fourth-order valence-electron chi connectivity index (χ4n) is 6.96. The summed E-state index contributed by atoms with van der Waals surface area (Å²) in [6, 6.07) is 4.87. The molecule has 29 heavy (non-hydrogen) atoms. The van der Waals surface area contributed by atoms with Gasteiger partial charge < -0.3 is 4.74 Å². The quantitative estimate of drug-likeness (QED) is 0.479. The van der Waals surface area contributed by atoms with Gasteiger partial charge in [-0.2, -0.15) is 0 Å². The van der Waals surface area contributed by atoms with Gasteiger partial charge in [-0.1, -0.05) is 59.6 Å². The topological polar surface area (TPSA) is 9.23 Å². The number of benzene rings is 1. The number of hydrogen-bond donors (Lipinski definition) is 0. The van der Waals surface area contributed by atoms with Crippen LogP contribution < -0.4 is 0 Å². The van der Waals surface area contributed by atoms with Crippen molar-refractivity contribution in [2.75, 3.05) is 7.11 Å². The van der Waals surface area contributed by atoms with Gasteiger partial charge in [-0.25, -0.2) is 0 Å². The molecule has 3 aliphatic rings. The Balaban J connectivity index is 1.55. The maximum atomic E-state index is 5.53. The minimum atomic E-state index is 0.504. The molecule has 0 aromatic heterocycles. The Morgan fingerprint density at radius 3 is 2.52 bits per heavy atom. The van der Waals surface area contributed by atoms with Crippen LogP contribution in [0.3, 0.4) is 0 Å². The van der Waals surface area contributed by atoms with E-state index in [0.717, 1.165) is 48.2 Å². The van der Waals surface area contributed by atoms with Crippen molar-refractivity contribution >= 4 is 6.08 Å². The maximum Gasteiger partial charge on any atom is 0.0964 e. The Morgan fingerprint density at radius 1 is 1.00 bits per heavy atom. The molecule has 160 valence electrons. The number of allylic oxidation sites excluding steroid dienone is 1. The van der Waals surface area contributed by atoms with E-state index in [2.05, 4.69) is 52.8 Å². The van der Waals surface area contributed by atoms with E-state index in [-0.39, 0.29) is 0 Å². The lowest BCUT2D eigenvalue weighted by Gasteiger charge is -2.45. The van der Waals surface area contributed by atoms with Gasteiger partial charge in [0.15, 0.2) is 0 Å². The van der Waals surface area contributed by atoms with E-state index in [4.69, 9.17) is 4.74 Å². The Kier molecular flexibility index (Phi) is 5.88. The smallest absolute Gasteiger partial charge is 0.0964 e. The van der Waals surface area contributed by atoms with Crippen LogP contribution in [-0.2, 0) is 17.6 Å². The predicted octanol–water partition coefficient (Wildman–Crippen LogP) is 7.77. The van der Waals surface area contributed by atoms with Gasteiger partial charge in [0.05, 0.1) is 12.9 Å². The van der Waals surface area contributed by atoms with Crippen LogP contribution in [0.15, 0.2) is 17.9 Å². The first-order valence-electron chi connectivity index (χ1n) is 12.2. The second-order valence-electron chi connectivity index (χ2n) is 11.0. The van der Waals surface area contributed by atoms with Crippen molar-refractivity contribution in [3.05, 3.63) is 40.1 Å². The van der Waals surface area contributed by atoms with Crippen LogP contribution in [0, 0.1) is 29.1 Å². The zero-order valence-corrected chi connectivity index (χ0v) is 19.7. The molecule has 1 heteroatoms. The Morgan fingerprint density at radius 2 is 1.79 bits per heavy atom. The largest absolute Gasteiger partial charge is 0.501 e. The Labute approximate surface area is 179 Å². The second kappa shape index (κ2) is 8.12. The summed E-state index contributed by atoms with van der Waals surface area (Å²) >= 11 is 0. The van der Waals surface area contributed by atoms with E-state index in [0.29, 0.717) is 5.41 Å². The lowest BCUT2D eigenvalue weighted by Crippen LogP contribution is -2.35. The Bertz CT molecular complexity index is 773. The van der Waals surface area contributed by atoms with E-state index in [1.165, 1.54) is 44.1 Å². The van der Waals surface area contributed by atoms with E-state index < -0.39 is 0 Å². The summed E-state index contributed by atoms with van der Waals surface area (Å²) in [6.07, 6.45) is 12.8. The Hall–Kier alpha value is -1.24. The van der Waals surface area contributed by atoms with Crippen molar-refractivity contribution < 1.29 is 4.74 Å². The van der Waals surface area contributed by atoms with Gasteiger partial charge in [-0.15, -0.1) is 0 Å². The standard InChI is InChI=1S/C28H42O/c1-18(2)19(3)7-8-20(4)26-13-14-27-25-11-9-21-17-22(29-6)10-12-23(21)24(25)15-16-28(26,27)5/h9,11,17-20,26-27H,7-8,10,12-16H2,1-6H3/t19-,20+,26?,27?,28?/m0/s1. The van der Waals surface area contributed by atoms with E-state index in [1.807, 2.05) is 7.11 Å². The molecule has 4 rings (SSSR count). The van der Waals surface area contributed by atoms with Crippen LogP contribution in [0.5, 0.6) is 0 Å². The van der Waals surface area contributed by atoms with Crippen molar-refractivity contribution in [2.24, 2.45) is 29.1 Å². The van der Waals surface area contributed by atoms with E-state index in [1.54, 1.807) is 16.7 Å². The van der Waals surface area contributed by atoms with Crippen molar-refractivity contribution in [1.82, 2.24) is 0 Å². The lowest BCUT2D eigenvalue weighted by atomic mass is 9.60. The molecule has 5 atom stereocenters. The molecule has 0 bridgehead atoms. The van der Waals surface area contributed by atoms with Crippen LogP contribution >= 0.6 is 0 Å². The van der Waals surface area contributed by atoms with Gasteiger partial charge in [-0.3, -0.25) is 0 Å². The molecule has 1 aromatic rings. The number of rotatable bonds is 6. The summed E-state index contributed by atoms with van der Waals surface area (Å²) in [5.74, 6) is 5.34. The van der Waals surface area contributed by atoms with Gasteiger partial charge in [-0.05, 0) is 95.4 Å². The van der Waals surface area contributed by atoms with Gasteiger partial charge in [0, 0.05) is 6.42 Å². The molecule has 0 heterocycles. The number of methoxy groups -OCH3 is 1. The molecular formula is C28H42O. The molecule has 1 saturated carbocycles. The summed E-state index contributed by atoms with van der Waals surface area (Å²) < 4.78 is 5.53. The fourth-order valence-corrected chi connectivity index (χ4v) is 6.96. The normalized spacial score (nSPS) is 30.2. The summed E-state index contributed by atoms with van der Waals surface area (Å²) in [5, 5.41) is 0. The van der Waals surface area contributed by atoms with Crippen LogP contribution in [0.25, 0.3) is 6.08 Å². The van der Waals surface area contributed by atoms with Crippen LogP contribution in [0.4, 0.5) is 0 Å². The summed E-state index contributed by atoms with van der Waals surface area (Å²) in [5.41, 5.74) is 6.97. The third-order valence-corrected chi connectivity index (χ3v) is 9.30. The highest BCUT2D eigenvalue weighted by Gasteiger charge is 2.51. The molecule has 0 spiro atoms. The third-order valence-electron chi connectivity index (χ3n) is 9.30. The molecule has 0 aliphatic heterocycles. The van der Waals surface area contributed by atoms with Crippen LogP contribution in [-0.4, -0.2) is 7.11 Å². The number of fused-ring (bicyclic) bond motifs is 5. The summed E-state index contributed by atoms with van der Waals surface area (Å²) in [4.78, 5) is 0. The van der Waals surface area contributed by atoms with Crippen LogP contribution in [0.2, 0.25) is 0 Å². The van der Waals surface area contributed by atoms with Crippen LogP contribution in [0.1, 0.15) is 101 Å². The average molecular weight is 395 g/mol. The molecule has 1 nitrogen and oxygen atoms in total. The van der Waals surface area contributed by atoms with E-state index >= 15 is 0 Å². The monoisotopic (exact) mass is 394 g/mol. The zero-order valence-electron chi connectivity index (χ0n) is 19.7. The molecule has 3 unspecified atom stereocenters. The van der Waals surface area contributed by atoms with Crippen molar-refractivity contribution in [2.45, 2.75) is 91.9 Å². The minimum absolute atomic E-state index is 0.504. The van der Waals surface area contributed by atoms with E-state index in [9.17, 15) is 0 Å². The molecule has 0 amide bonds. The minimum Gasteiger partial charge on any atom is -0.501 e. The summed E-state index contributed by atoms with van der Waals surface area (Å²) in [6.45, 7) is 12.4. The highest BCUT2D eigenvalue weighted by Crippen LogP contribution is 2.61. The fraction of sp³-hybridized carbons (Fsp3) is 0.714. The van der Waals surface area contributed by atoms with Crippen molar-refractivity contribution in [3.8, 4) is 0 Å².